The second kappa shape index (κ2) is 14.7. The quantitative estimate of drug-likeness (QED) is 0.430. The molecule has 3 heteroatoms. The lowest BCUT2D eigenvalue weighted by Crippen LogP contribution is -1.97. The van der Waals surface area contributed by atoms with Gasteiger partial charge in [0.05, 0.1) is 24.4 Å². The van der Waals surface area contributed by atoms with Gasteiger partial charge in [-0.25, -0.2) is 4.98 Å². The Morgan fingerprint density at radius 1 is 1.19 bits per heavy atom. The first-order chi connectivity index (χ1) is 13.2. The first-order valence-electron chi connectivity index (χ1n) is 9.89. The molecule has 1 aliphatic rings. The zero-order valence-electron chi connectivity index (χ0n) is 17.7. The van der Waals surface area contributed by atoms with Gasteiger partial charge in [0.25, 0.3) is 0 Å². The van der Waals surface area contributed by atoms with E-state index < -0.39 is 0 Å². The smallest absolute Gasteiger partial charge is 0.0955 e. The fraction of sp³-hybridized carbons (Fsp3) is 0.458. The predicted molar refractivity (Wildman–Crippen MR) is 117 cm³/mol. The number of nitrogens with zero attached hydrogens (tertiary/aromatic N) is 2. The second-order valence-electron chi connectivity index (χ2n) is 5.91. The lowest BCUT2D eigenvalue weighted by Gasteiger charge is -2.03. The fourth-order valence-electron chi connectivity index (χ4n) is 2.50. The Balaban J connectivity index is 0.000000477. The van der Waals surface area contributed by atoms with Crippen LogP contribution in [0.2, 0.25) is 0 Å². The summed E-state index contributed by atoms with van der Waals surface area (Å²) in [6.45, 7) is 15.9. The molecular weight excluding hydrogens is 332 g/mol. The Labute approximate surface area is 166 Å². The molecular formula is C24H36N2O. The van der Waals surface area contributed by atoms with Gasteiger partial charge in [-0.15, -0.1) is 12.8 Å². The summed E-state index contributed by atoms with van der Waals surface area (Å²) in [7, 11) is 0. The van der Waals surface area contributed by atoms with Crippen molar-refractivity contribution >= 4 is 0 Å². The summed E-state index contributed by atoms with van der Waals surface area (Å²) in [6, 6.07) is 10.3. The van der Waals surface area contributed by atoms with Crippen LogP contribution in [0, 0.1) is 25.7 Å². The topological polar surface area (TPSA) is 27.1 Å². The Hall–Kier alpha value is -2.47. The molecule has 0 radical (unpaired) electrons. The molecule has 1 aromatic heterocycles. The average molecular weight is 369 g/mol. The van der Waals surface area contributed by atoms with Crippen molar-refractivity contribution in [2.75, 3.05) is 6.61 Å². The van der Waals surface area contributed by atoms with E-state index >= 15 is 0 Å². The van der Waals surface area contributed by atoms with E-state index in [-0.39, 0.29) is 0 Å². The summed E-state index contributed by atoms with van der Waals surface area (Å²) < 4.78 is 7.38. The van der Waals surface area contributed by atoms with Gasteiger partial charge < -0.3 is 9.30 Å². The predicted octanol–water partition coefficient (Wildman–Crippen LogP) is 6.49. The van der Waals surface area contributed by atoms with Crippen molar-refractivity contribution in [1.82, 2.24) is 9.55 Å². The maximum absolute atomic E-state index is 5.17. The van der Waals surface area contributed by atoms with Crippen LogP contribution in [0.4, 0.5) is 0 Å². The first kappa shape index (κ1) is 24.5. The number of benzene rings is 1. The fourth-order valence-corrected chi connectivity index (χ4v) is 2.50. The average Bonchev–Trinajstić information content (AvgIpc) is 3.52. The van der Waals surface area contributed by atoms with E-state index in [0.29, 0.717) is 5.92 Å². The molecule has 1 aromatic carbocycles. The second-order valence-corrected chi connectivity index (χ2v) is 5.91. The third-order valence-corrected chi connectivity index (χ3v) is 3.97. The van der Waals surface area contributed by atoms with Crippen molar-refractivity contribution in [3.05, 3.63) is 54.7 Å². The zero-order chi connectivity index (χ0) is 20.7. The number of terminal acetylenes is 1. The van der Waals surface area contributed by atoms with E-state index in [0.717, 1.165) is 31.0 Å². The van der Waals surface area contributed by atoms with Crippen molar-refractivity contribution < 1.29 is 4.74 Å². The van der Waals surface area contributed by atoms with E-state index in [1.807, 2.05) is 45.3 Å². The number of aromatic nitrogens is 2. The highest BCUT2D eigenvalue weighted by Crippen LogP contribution is 2.35. The van der Waals surface area contributed by atoms with Crippen LogP contribution in [0.1, 0.15) is 52.7 Å². The minimum atomic E-state index is 0.704. The summed E-state index contributed by atoms with van der Waals surface area (Å²) in [5.41, 5.74) is 3.55. The van der Waals surface area contributed by atoms with Crippen LogP contribution in [-0.2, 0) is 11.3 Å². The van der Waals surface area contributed by atoms with E-state index in [1.54, 1.807) is 0 Å². The number of allylic oxidation sites excluding steroid dienone is 1. The molecule has 0 amide bonds. The highest BCUT2D eigenvalue weighted by atomic mass is 16.5. The minimum Gasteiger partial charge on any atom is -0.499 e. The lowest BCUT2D eigenvalue weighted by atomic mass is 10.1. The summed E-state index contributed by atoms with van der Waals surface area (Å²) in [6.07, 6.45) is 13.7. The summed E-state index contributed by atoms with van der Waals surface area (Å²) in [5, 5.41) is 0. The number of hydrogen-bond donors (Lipinski definition) is 0. The molecule has 0 aliphatic heterocycles. The minimum absolute atomic E-state index is 0.704. The molecule has 0 N–H and O–H groups in total. The number of aryl methyl sites for hydroxylation is 1. The normalized spacial score (nSPS) is 11.5. The molecule has 0 atom stereocenters. The molecule has 148 valence electrons. The highest BCUT2D eigenvalue weighted by molar-refractivity contribution is 5.61. The number of rotatable bonds is 6. The van der Waals surface area contributed by atoms with Crippen LogP contribution < -0.4 is 0 Å². The molecule has 3 rings (SSSR count). The molecule has 2 aromatic rings. The lowest BCUT2D eigenvalue weighted by molar-refractivity contribution is 0.214. The highest BCUT2D eigenvalue weighted by Gasteiger charge is 2.25. The third kappa shape index (κ3) is 8.64. The van der Waals surface area contributed by atoms with Gasteiger partial charge in [-0.3, -0.25) is 0 Å². The van der Waals surface area contributed by atoms with Crippen molar-refractivity contribution in [3.63, 3.8) is 0 Å². The van der Waals surface area contributed by atoms with Gasteiger partial charge in [-0.2, -0.15) is 0 Å². The molecule has 1 aliphatic carbocycles. The molecule has 0 saturated heterocycles. The van der Waals surface area contributed by atoms with Gasteiger partial charge >= 0.3 is 0 Å². The van der Waals surface area contributed by atoms with Gasteiger partial charge in [0.15, 0.2) is 0 Å². The van der Waals surface area contributed by atoms with E-state index in [9.17, 15) is 0 Å². The molecule has 0 unspecified atom stereocenters. The van der Waals surface area contributed by atoms with E-state index in [2.05, 4.69) is 55.0 Å². The van der Waals surface area contributed by atoms with Crippen molar-refractivity contribution in [2.45, 2.75) is 60.4 Å². The maximum Gasteiger partial charge on any atom is 0.0955 e. The Bertz CT molecular complexity index is 652. The van der Waals surface area contributed by atoms with Crippen LogP contribution in [0.15, 0.2) is 49.0 Å². The Morgan fingerprint density at radius 2 is 1.78 bits per heavy atom. The van der Waals surface area contributed by atoms with Gasteiger partial charge in [-0.1, -0.05) is 57.7 Å². The molecule has 1 heterocycles. The number of hydrogen-bond acceptors (Lipinski definition) is 2. The molecule has 27 heavy (non-hydrogen) atoms. The van der Waals surface area contributed by atoms with E-state index in [4.69, 9.17) is 4.74 Å². The largest absolute Gasteiger partial charge is 0.499 e. The monoisotopic (exact) mass is 368 g/mol. The number of imidazole rings is 1. The van der Waals surface area contributed by atoms with Crippen molar-refractivity contribution in [3.8, 4) is 24.1 Å². The van der Waals surface area contributed by atoms with Crippen LogP contribution in [-0.4, -0.2) is 16.2 Å². The van der Waals surface area contributed by atoms with Gasteiger partial charge in [0.2, 0.25) is 0 Å². The van der Waals surface area contributed by atoms with Crippen molar-refractivity contribution in [1.29, 1.82) is 0 Å². The molecule has 0 spiro atoms. The zero-order valence-corrected chi connectivity index (χ0v) is 17.7. The van der Waals surface area contributed by atoms with Gasteiger partial charge in [0.1, 0.15) is 0 Å². The molecule has 0 bridgehead atoms. The van der Waals surface area contributed by atoms with Crippen LogP contribution in [0.5, 0.6) is 0 Å². The molecule has 3 nitrogen and oxygen atoms in total. The Morgan fingerprint density at radius 3 is 2.26 bits per heavy atom. The van der Waals surface area contributed by atoms with Gasteiger partial charge in [-0.05, 0) is 33.1 Å². The maximum atomic E-state index is 5.17. The molecule has 1 saturated carbocycles. The summed E-state index contributed by atoms with van der Waals surface area (Å²) in [4.78, 5) is 4.47. The SMILES string of the molecule is C#C.C=C(OCC)C1CC1.CC.CCCn1cnc(-c2ccccc2)c1C. The first-order valence-corrected chi connectivity index (χ1v) is 9.89. The summed E-state index contributed by atoms with van der Waals surface area (Å²) in [5.74, 6) is 1.70. The molecule has 1 fully saturated rings. The Kier molecular flexibility index (Phi) is 13.3. The standard InChI is InChI=1S/C13H16N2.C7H12O.C2H6.C2H2/c1-3-9-15-10-14-13(11(15)2)12-7-5-4-6-8-12;1-3-8-6(2)7-4-5-7;2*1-2/h4-8,10H,3,9H2,1-2H3;7H,2-5H2,1H3;1-2H3;1-2H. The third-order valence-electron chi connectivity index (χ3n) is 3.97. The van der Waals surface area contributed by atoms with Crippen molar-refractivity contribution in [2.24, 2.45) is 5.92 Å². The van der Waals surface area contributed by atoms with Crippen LogP contribution in [0.25, 0.3) is 11.3 Å². The van der Waals surface area contributed by atoms with Gasteiger partial charge in [0, 0.05) is 23.7 Å². The van der Waals surface area contributed by atoms with Crippen LogP contribution in [0.3, 0.4) is 0 Å². The van der Waals surface area contributed by atoms with E-state index in [1.165, 1.54) is 24.1 Å². The summed E-state index contributed by atoms with van der Waals surface area (Å²) >= 11 is 0. The number of ether oxygens (including phenoxy) is 1. The van der Waals surface area contributed by atoms with Crippen LogP contribution >= 0.6 is 0 Å².